The molecule has 0 bridgehead atoms. The second-order valence-corrected chi connectivity index (χ2v) is 9.63. The third kappa shape index (κ3) is 4.02. The molecular weight excluding hydrogens is 467 g/mol. The van der Waals surface area contributed by atoms with Gasteiger partial charge in [-0.15, -0.1) is 0 Å². The molecule has 34 heavy (non-hydrogen) atoms. The number of carbonyl (C=O) groups excluding carboxylic acids is 1. The van der Waals surface area contributed by atoms with Crippen LogP contribution in [0.1, 0.15) is 36.3 Å². The number of anilines is 1. The number of nitrogens with two attached hydrogens (primary N) is 1. The van der Waals surface area contributed by atoms with Gasteiger partial charge in [0.2, 0.25) is 5.91 Å². The standard InChI is InChI=1S/C27H28Cl2N4O/c1-2-6-25(32-15-13-31(14-16-32)23-10-5-8-21(28)26(23)29)33-22-9-4-3-7-19(22)20-12-11-18(27(30)34)17-24(20)33/h3-5,7-12,17,25H,2,6,13-16H2,1H3,(H2,30,34). The van der Waals surface area contributed by atoms with Crippen molar-refractivity contribution in [3.63, 3.8) is 0 Å². The summed E-state index contributed by atoms with van der Waals surface area (Å²) >= 11 is 12.8. The van der Waals surface area contributed by atoms with Crippen LogP contribution in [-0.2, 0) is 0 Å². The summed E-state index contributed by atoms with van der Waals surface area (Å²) in [4.78, 5) is 16.8. The second kappa shape index (κ2) is 9.49. The number of primary amides is 1. The van der Waals surface area contributed by atoms with Gasteiger partial charge in [-0.05, 0) is 36.8 Å². The van der Waals surface area contributed by atoms with Crippen molar-refractivity contribution in [2.24, 2.45) is 5.73 Å². The Balaban J connectivity index is 1.53. The van der Waals surface area contributed by atoms with Crippen LogP contribution in [0.5, 0.6) is 0 Å². The number of aromatic nitrogens is 1. The molecule has 1 aliphatic heterocycles. The quantitative estimate of drug-likeness (QED) is 0.341. The molecule has 4 aromatic rings. The van der Waals surface area contributed by atoms with Gasteiger partial charge in [-0.25, -0.2) is 0 Å². The average Bonchev–Trinajstić information content (AvgIpc) is 3.18. The fourth-order valence-electron chi connectivity index (χ4n) is 5.20. The minimum atomic E-state index is -0.405. The topological polar surface area (TPSA) is 54.5 Å². The lowest BCUT2D eigenvalue weighted by Gasteiger charge is -2.41. The van der Waals surface area contributed by atoms with E-state index in [9.17, 15) is 4.79 Å². The Morgan fingerprint density at radius 1 is 0.941 bits per heavy atom. The molecule has 1 saturated heterocycles. The molecule has 176 valence electrons. The lowest BCUT2D eigenvalue weighted by Crippen LogP contribution is -2.49. The highest BCUT2D eigenvalue weighted by Crippen LogP contribution is 2.37. The van der Waals surface area contributed by atoms with E-state index in [1.165, 1.54) is 10.9 Å². The van der Waals surface area contributed by atoms with Crippen molar-refractivity contribution in [1.29, 1.82) is 0 Å². The van der Waals surface area contributed by atoms with Gasteiger partial charge >= 0.3 is 0 Å². The first-order valence-electron chi connectivity index (χ1n) is 11.7. The molecule has 1 aromatic heterocycles. The van der Waals surface area contributed by atoms with Crippen LogP contribution < -0.4 is 10.6 Å². The number of fused-ring (bicyclic) bond motifs is 3. The van der Waals surface area contributed by atoms with Gasteiger partial charge in [0, 0.05) is 42.5 Å². The van der Waals surface area contributed by atoms with Crippen molar-refractivity contribution >= 4 is 56.6 Å². The van der Waals surface area contributed by atoms with Crippen LogP contribution >= 0.6 is 23.2 Å². The number of amides is 1. The summed E-state index contributed by atoms with van der Waals surface area (Å²) in [7, 11) is 0. The Bertz CT molecular complexity index is 1360. The fourth-order valence-corrected chi connectivity index (χ4v) is 5.62. The maximum absolute atomic E-state index is 12.0. The minimum absolute atomic E-state index is 0.174. The zero-order chi connectivity index (χ0) is 23.8. The molecule has 0 radical (unpaired) electrons. The first-order chi connectivity index (χ1) is 16.5. The average molecular weight is 495 g/mol. The molecular formula is C27H28Cl2N4O. The lowest BCUT2D eigenvalue weighted by atomic mass is 10.1. The van der Waals surface area contributed by atoms with Crippen LogP contribution in [0.4, 0.5) is 5.69 Å². The monoisotopic (exact) mass is 494 g/mol. The van der Waals surface area contributed by atoms with Gasteiger partial charge < -0.3 is 15.2 Å². The molecule has 3 aromatic carbocycles. The van der Waals surface area contributed by atoms with Crippen LogP contribution in [0.3, 0.4) is 0 Å². The minimum Gasteiger partial charge on any atom is -0.368 e. The molecule has 7 heteroatoms. The van der Waals surface area contributed by atoms with Crippen molar-refractivity contribution in [2.45, 2.75) is 25.9 Å². The van der Waals surface area contributed by atoms with E-state index < -0.39 is 5.91 Å². The maximum Gasteiger partial charge on any atom is 0.248 e. The Hall–Kier alpha value is -2.73. The van der Waals surface area contributed by atoms with Gasteiger partial charge in [0.25, 0.3) is 0 Å². The Morgan fingerprint density at radius 3 is 2.41 bits per heavy atom. The molecule has 2 N–H and O–H groups in total. The van der Waals surface area contributed by atoms with Gasteiger partial charge in [0.1, 0.15) is 0 Å². The Labute approximate surface area is 209 Å². The summed E-state index contributed by atoms with van der Waals surface area (Å²) < 4.78 is 2.41. The Kier molecular flexibility index (Phi) is 6.43. The number of para-hydroxylation sites is 1. The zero-order valence-electron chi connectivity index (χ0n) is 19.2. The van der Waals surface area contributed by atoms with E-state index in [0.29, 0.717) is 15.6 Å². The van der Waals surface area contributed by atoms with Crippen molar-refractivity contribution in [3.05, 3.63) is 76.3 Å². The SMILES string of the molecule is CCCC(N1CCN(c2cccc(Cl)c2Cl)CC1)n1c2ccccc2c2ccc(C(N)=O)cc21. The number of rotatable bonds is 6. The second-order valence-electron chi connectivity index (χ2n) is 8.85. The van der Waals surface area contributed by atoms with Gasteiger partial charge in [-0.2, -0.15) is 0 Å². The smallest absolute Gasteiger partial charge is 0.248 e. The molecule has 0 saturated carbocycles. The molecule has 2 heterocycles. The van der Waals surface area contributed by atoms with E-state index >= 15 is 0 Å². The van der Waals surface area contributed by atoms with Gasteiger partial charge in [0.05, 0.1) is 32.9 Å². The van der Waals surface area contributed by atoms with E-state index in [4.69, 9.17) is 28.9 Å². The predicted molar refractivity (Wildman–Crippen MR) is 142 cm³/mol. The van der Waals surface area contributed by atoms with Crippen LogP contribution in [-0.4, -0.2) is 41.6 Å². The molecule has 0 aliphatic carbocycles. The van der Waals surface area contributed by atoms with Crippen molar-refractivity contribution < 1.29 is 4.79 Å². The molecule has 0 spiro atoms. The van der Waals surface area contributed by atoms with E-state index in [2.05, 4.69) is 45.6 Å². The number of halogens is 2. The van der Waals surface area contributed by atoms with Gasteiger partial charge in [0.15, 0.2) is 0 Å². The molecule has 1 unspecified atom stereocenters. The number of piperazine rings is 1. The third-order valence-corrected chi connectivity index (χ3v) is 7.66. The summed E-state index contributed by atoms with van der Waals surface area (Å²) in [5.74, 6) is -0.405. The summed E-state index contributed by atoms with van der Waals surface area (Å²) in [5, 5.41) is 3.54. The van der Waals surface area contributed by atoms with E-state index in [1.54, 1.807) is 0 Å². The largest absolute Gasteiger partial charge is 0.368 e. The highest BCUT2D eigenvalue weighted by molar-refractivity contribution is 6.43. The number of hydrogen-bond donors (Lipinski definition) is 1. The van der Waals surface area contributed by atoms with Crippen molar-refractivity contribution in [1.82, 2.24) is 9.47 Å². The number of hydrogen-bond acceptors (Lipinski definition) is 3. The zero-order valence-corrected chi connectivity index (χ0v) is 20.7. The molecule has 5 rings (SSSR count). The lowest BCUT2D eigenvalue weighted by molar-refractivity contribution is 0.1000. The first kappa shape index (κ1) is 23.0. The number of benzene rings is 3. The van der Waals surface area contributed by atoms with Crippen molar-refractivity contribution in [3.8, 4) is 0 Å². The van der Waals surface area contributed by atoms with Crippen LogP contribution in [0, 0.1) is 0 Å². The van der Waals surface area contributed by atoms with E-state index in [0.717, 1.165) is 55.6 Å². The first-order valence-corrected chi connectivity index (χ1v) is 12.5. The van der Waals surface area contributed by atoms with E-state index in [-0.39, 0.29) is 6.17 Å². The summed E-state index contributed by atoms with van der Waals surface area (Å²) in [5.41, 5.74) is 9.39. The molecule has 5 nitrogen and oxygen atoms in total. The predicted octanol–water partition coefficient (Wildman–Crippen LogP) is 6.32. The fraction of sp³-hybridized carbons (Fsp3) is 0.296. The summed E-state index contributed by atoms with van der Waals surface area (Å²) in [6.45, 7) is 5.75. The summed E-state index contributed by atoms with van der Waals surface area (Å²) in [6, 6.07) is 20.1. The number of carbonyl (C=O) groups is 1. The van der Waals surface area contributed by atoms with Crippen LogP contribution in [0.25, 0.3) is 21.8 Å². The van der Waals surface area contributed by atoms with Gasteiger partial charge in [-0.1, -0.05) is 66.9 Å². The molecule has 1 fully saturated rings. The van der Waals surface area contributed by atoms with Crippen molar-refractivity contribution in [2.75, 3.05) is 31.1 Å². The Morgan fingerprint density at radius 2 is 1.68 bits per heavy atom. The highest BCUT2D eigenvalue weighted by Gasteiger charge is 2.28. The normalized spacial score (nSPS) is 15.8. The molecule has 1 atom stereocenters. The summed E-state index contributed by atoms with van der Waals surface area (Å²) in [6.07, 6.45) is 2.23. The van der Waals surface area contributed by atoms with Crippen LogP contribution in [0.2, 0.25) is 10.0 Å². The number of nitrogens with zero attached hydrogens (tertiary/aromatic N) is 3. The van der Waals surface area contributed by atoms with Gasteiger partial charge in [-0.3, -0.25) is 9.69 Å². The van der Waals surface area contributed by atoms with Crippen LogP contribution in [0.15, 0.2) is 60.7 Å². The van der Waals surface area contributed by atoms with E-state index in [1.807, 2.05) is 36.4 Å². The molecule has 1 amide bonds. The third-order valence-electron chi connectivity index (χ3n) is 6.85. The molecule has 1 aliphatic rings. The highest BCUT2D eigenvalue weighted by atomic mass is 35.5. The maximum atomic E-state index is 12.0.